The van der Waals surface area contributed by atoms with Gasteiger partial charge in [-0.25, -0.2) is 0 Å². The zero-order valence-electron chi connectivity index (χ0n) is 17.2. The number of hydrogen-bond acceptors (Lipinski definition) is 3. The highest BCUT2D eigenvalue weighted by Gasteiger charge is 2.19. The number of ether oxygens (including phenoxy) is 1. The van der Waals surface area contributed by atoms with Crippen LogP contribution in [0.3, 0.4) is 0 Å². The van der Waals surface area contributed by atoms with Crippen molar-refractivity contribution in [1.29, 1.82) is 0 Å². The van der Waals surface area contributed by atoms with Crippen LogP contribution in [0.5, 0.6) is 0 Å². The Kier molecular flexibility index (Phi) is 10.5. The molecule has 3 N–H and O–H groups in total. The highest BCUT2D eigenvalue weighted by Crippen LogP contribution is 2.16. The summed E-state index contributed by atoms with van der Waals surface area (Å²) in [4.78, 5) is 6.89. The average Bonchev–Trinajstić information content (AvgIpc) is 2.71. The van der Waals surface area contributed by atoms with Gasteiger partial charge in [-0.1, -0.05) is 48.0 Å². The lowest BCUT2D eigenvalue weighted by Crippen LogP contribution is -2.36. The normalized spacial score (nSPS) is 15.7. The Morgan fingerprint density at radius 2 is 1.79 bits per heavy atom. The molecule has 3 rings (SSSR count). The molecule has 0 saturated carbocycles. The molecule has 1 heterocycles. The number of anilines is 1. The summed E-state index contributed by atoms with van der Waals surface area (Å²) in [7, 11) is 0. The van der Waals surface area contributed by atoms with Crippen molar-refractivity contribution in [2.45, 2.75) is 38.8 Å². The third-order valence-corrected chi connectivity index (χ3v) is 5.05. The summed E-state index contributed by atoms with van der Waals surface area (Å²) in [5.41, 5.74) is 9.51. The first-order chi connectivity index (χ1) is 13.7. The predicted octanol–water partition coefficient (Wildman–Crippen LogP) is 4.41. The minimum Gasteiger partial charge on any atom is -0.378 e. The second-order valence-electron chi connectivity index (χ2n) is 7.44. The number of aryl methyl sites for hydroxylation is 1. The molecule has 6 heteroatoms. The van der Waals surface area contributed by atoms with Gasteiger partial charge in [0.05, 0.1) is 6.10 Å². The summed E-state index contributed by atoms with van der Waals surface area (Å²) in [5.74, 6) is 0.457. The van der Waals surface area contributed by atoms with Gasteiger partial charge >= 0.3 is 0 Å². The molecule has 0 amide bonds. The van der Waals surface area contributed by atoms with E-state index >= 15 is 0 Å². The molecule has 0 atom stereocenters. The number of nitrogens with one attached hydrogen (secondary N) is 1. The molecular weight excluding hydrogens is 475 g/mol. The van der Waals surface area contributed by atoms with Crippen molar-refractivity contribution in [3.05, 3.63) is 65.7 Å². The van der Waals surface area contributed by atoms with Crippen molar-refractivity contribution >= 4 is 35.6 Å². The van der Waals surface area contributed by atoms with E-state index in [1.54, 1.807) is 0 Å². The number of aliphatic imine (C=N–C) groups is 1. The van der Waals surface area contributed by atoms with Gasteiger partial charge in [-0.05, 0) is 43.9 Å². The van der Waals surface area contributed by atoms with Crippen LogP contribution in [0, 0.1) is 6.92 Å². The van der Waals surface area contributed by atoms with E-state index in [0.717, 1.165) is 51.2 Å². The van der Waals surface area contributed by atoms with Crippen LogP contribution in [0.2, 0.25) is 0 Å². The summed E-state index contributed by atoms with van der Waals surface area (Å²) in [5, 5.41) is 3.12. The van der Waals surface area contributed by atoms with Gasteiger partial charge in [-0.15, -0.1) is 24.0 Å². The minimum atomic E-state index is 0. The minimum absolute atomic E-state index is 0. The number of rotatable bonds is 8. The first-order valence-electron chi connectivity index (χ1n) is 10.2. The Morgan fingerprint density at radius 1 is 1.10 bits per heavy atom. The van der Waals surface area contributed by atoms with Crippen LogP contribution in [0.25, 0.3) is 0 Å². The molecule has 0 aromatic heterocycles. The Balaban J connectivity index is 0.00000300. The number of halogens is 1. The summed E-state index contributed by atoms with van der Waals surface area (Å²) in [6.45, 7) is 6.72. The van der Waals surface area contributed by atoms with Gasteiger partial charge in [0.15, 0.2) is 5.96 Å². The van der Waals surface area contributed by atoms with Crippen molar-refractivity contribution < 1.29 is 4.74 Å². The van der Waals surface area contributed by atoms with Gasteiger partial charge in [0.25, 0.3) is 0 Å². The zero-order valence-corrected chi connectivity index (χ0v) is 19.5. The number of likely N-dealkylation sites (tertiary alicyclic amines) is 1. The van der Waals surface area contributed by atoms with Gasteiger partial charge < -0.3 is 15.8 Å². The van der Waals surface area contributed by atoms with E-state index in [-0.39, 0.29) is 24.0 Å². The van der Waals surface area contributed by atoms with Crippen LogP contribution < -0.4 is 11.1 Å². The van der Waals surface area contributed by atoms with Crippen molar-refractivity contribution in [3.8, 4) is 0 Å². The molecule has 2 aromatic carbocycles. The molecular formula is C23H33IN4O. The van der Waals surface area contributed by atoms with Crippen LogP contribution in [0.1, 0.15) is 30.4 Å². The highest BCUT2D eigenvalue weighted by molar-refractivity contribution is 14.0. The van der Waals surface area contributed by atoms with E-state index in [0.29, 0.717) is 18.6 Å². The fourth-order valence-corrected chi connectivity index (χ4v) is 3.41. The quantitative estimate of drug-likeness (QED) is 0.240. The molecule has 1 aliphatic heterocycles. The second-order valence-corrected chi connectivity index (χ2v) is 7.44. The van der Waals surface area contributed by atoms with Crippen LogP contribution in [0.4, 0.5) is 5.69 Å². The van der Waals surface area contributed by atoms with Crippen molar-refractivity contribution in [1.82, 2.24) is 4.90 Å². The number of nitrogens with zero attached hydrogens (tertiary/aromatic N) is 2. The molecule has 158 valence electrons. The molecule has 0 unspecified atom stereocenters. The molecule has 0 spiro atoms. The number of guanidine groups is 1. The van der Waals surface area contributed by atoms with Gasteiger partial charge in [-0.3, -0.25) is 9.89 Å². The Bertz CT molecular complexity index is 728. The average molecular weight is 508 g/mol. The molecule has 2 aromatic rings. The van der Waals surface area contributed by atoms with Crippen molar-refractivity contribution in [2.75, 3.05) is 31.6 Å². The molecule has 1 saturated heterocycles. The van der Waals surface area contributed by atoms with E-state index in [4.69, 9.17) is 10.5 Å². The maximum Gasteiger partial charge on any atom is 0.193 e. The van der Waals surface area contributed by atoms with E-state index in [9.17, 15) is 0 Å². The molecule has 0 aliphatic carbocycles. The van der Waals surface area contributed by atoms with E-state index in [1.165, 1.54) is 11.1 Å². The topological polar surface area (TPSA) is 62.9 Å². The lowest BCUT2D eigenvalue weighted by atomic mass is 10.1. The maximum atomic E-state index is 6.04. The van der Waals surface area contributed by atoms with Crippen LogP contribution in [0.15, 0.2) is 59.6 Å². The molecule has 1 aliphatic rings. The number of nitrogens with two attached hydrogens (primary N) is 1. The summed E-state index contributed by atoms with van der Waals surface area (Å²) in [6.07, 6.45) is 3.47. The third kappa shape index (κ3) is 8.72. The van der Waals surface area contributed by atoms with Crippen LogP contribution >= 0.6 is 24.0 Å². The molecule has 0 radical (unpaired) electrons. The van der Waals surface area contributed by atoms with E-state index in [1.807, 2.05) is 12.1 Å². The molecule has 1 fully saturated rings. The van der Waals surface area contributed by atoms with Gasteiger partial charge in [0.1, 0.15) is 0 Å². The highest BCUT2D eigenvalue weighted by atomic mass is 127. The second kappa shape index (κ2) is 12.8. The third-order valence-electron chi connectivity index (χ3n) is 5.05. The van der Waals surface area contributed by atoms with Crippen LogP contribution in [-0.4, -0.2) is 43.2 Å². The van der Waals surface area contributed by atoms with Gasteiger partial charge in [0, 0.05) is 38.5 Å². The zero-order chi connectivity index (χ0) is 19.6. The Hall–Kier alpha value is -1.64. The summed E-state index contributed by atoms with van der Waals surface area (Å²) >= 11 is 0. The number of piperidine rings is 1. The monoisotopic (exact) mass is 508 g/mol. The predicted molar refractivity (Wildman–Crippen MR) is 132 cm³/mol. The lowest BCUT2D eigenvalue weighted by Gasteiger charge is -2.31. The molecule has 5 nitrogen and oxygen atoms in total. The first-order valence-corrected chi connectivity index (χ1v) is 10.2. The Labute approximate surface area is 191 Å². The summed E-state index contributed by atoms with van der Waals surface area (Å²) < 4.78 is 6.04. The smallest absolute Gasteiger partial charge is 0.193 e. The van der Waals surface area contributed by atoms with E-state index in [2.05, 4.69) is 64.6 Å². The number of hydrogen-bond donors (Lipinski definition) is 2. The molecule has 29 heavy (non-hydrogen) atoms. The van der Waals surface area contributed by atoms with E-state index < -0.39 is 0 Å². The van der Waals surface area contributed by atoms with Crippen molar-refractivity contribution in [2.24, 2.45) is 10.7 Å². The standard InChI is InChI=1S/C23H32N4O.HI/c1-19-8-10-21(11-9-19)26-23(24)25-14-5-17-28-22-12-15-27(16-13-22)18-20-6-3-2-4-7-20;/h2-4,6-11,22H,5,12-18H2,1H3,(H3,24,25,26);1H. The SMILES string of the molecule is Cc1ccc(NC(N)=NCCCOC2CCN(Cc3ccccc3)CC2)cc1.I. The summed E-state index contributed by atoms with van der Waals surface area (Å²) in [6, 6.07) is 18.8. The maximum absolute atomic E-state index is 6.04. The van der Waals surface area contributed by atoms with Crippen LogP contribution in [-0.2, 0) is 11.3 Å². The fourth-order valence-electron chi connectivity index (χ4n) is 3.41. The van der Waals surface area contributed by atoms with Gasteiger partial charge in [-0.2, -0.15) is 0 Å². The van der Waals surface area contributed by atoms with Gasteiger partial charge in [0.2, 0.25) is 0 Å². The fraction of sp³-hybridized carbons (Fsp3) is 0.435. The number of benzene rings is 2. The van der Waals surface area contributed by atoms with Crippen molar-refractivity contribution in [3.63, 3.8) is 0 Å². The lowest BCUT2D eigenvalue weighted by molar-refractivity contribution is 0.00566. The molecule has 0 bridgehead atoms. The first kappa shape index (κ1) is 23.6. The Morgan fingerprint density at radius 3 is 2.48 bits per heavy atom. The largest absolute Gasteiger partial charge is 0.378 e.